The maximum Gasteiger partial charge on any atom is 0.277 e. The monoisotopic (exact) mass is 335 g/mol. The third-order valence-electron chi connectivity index (χ3n) is 3.64. The minimum atomic E-state index is -0.391. The van der Waals surface area contributed by atoms with Crippen LogP contribution in [-0.4, -0.2) is 23.8 Å². The van der Waals surface area contributed by atoms with Gasteiger partial charge in [-0.3, -0.25) is 9.59 Å². The summed E-state index contributed by atoms with van der Waals surface area (Å²) in [6.45, 7) is 1.69. The molecule has 0 unspecified atom stereocenters. The van der Waals surface area contributed by atoms with Crippen molar-refractivity contribution in [2.75, 3.05) is 12.4 Å². The van der Waals surface area contributed by atoms with E-state index in [4.69, 9.17) is 4.42 Å². The summed E-state index contributed by atoms with van der Waals surface area (Å²) in [5, 5.41) is 5.29. The van der Waals surface area contributed by atoms with Gasteiger partial charge in [0.15, 0.2) is 5.69 Å². The number of carbonyl (C=O) groups is 2. The molecule has 0 fully saturated rings. The summed E-state index contributed by atoms with van der Waals surface area (Å²) in [6, 6.07) is 16.0. The molecule has 3 aromatic rings. The van der Waals surface area contributed by atoms with E-state index >= 15 is 0 Å². The predicted molar refractivity (Wildman–Crippen MR) is 94.5 cm³/mol. The second-order valence-electron chi connectivity index (χ2n) is 5.40. The zero-order chi connectivity index (χ0) is 17.8. The molecular weight excluding hydrogens is 318 g/mol. The first-order valence-corrected chi connectivity index (χ1v) is 7.75. The number of nitrogens with one attached hydrogen (secondary N) is 2. The van der Waals surface area contributed by atoms with Crippen LogP contribution in [0.2, 0.25) is 0 Å². The molecule has 126 valence electrons. The Balaban J connectivity index is 1.83. The van der Waals surface area contributed by atoms with Gasteiger partial charge in [-0.25, -0.2) is 4.98 Å². The molecule has 0 aliphatic carbocycles. The van der Waals surface area contributed by atoms with Gasteiger partial charge in [0.1, 0.15) is 5.76 Å². The van der Waals surface area contributed by atoms with Crippen LogP contribution >= 0.6 is 0 Å². The number of aryl methyl sites for hydroxylation is 1. The molecule has 0 radical (unpaired) electrons. The van der Waals surface area contributed by atoms with Crippen molar-refractivity contribution in [3.63, 3.8) is 0 Å². The molecule has 0 saturated heterocycles. The summed E-state index contributed by atoms with van der Waals surface area (Å²) in [5.41, 5.74) is 1.98. The smallest absolute Gasteiger partial charge is 0.277 e. The summed E-state index contributed by atoms with van der Waals surface area (Å²) in [5.74, 6) is 0.207. The van der Waals surface area contributed by atoms with Crippen LogP contribution in [0.5, 0.6) is 0 Å². The van der Waals surface area contributed by atoms with Crippen LogP contribution in [0.15, 0.2) is 59.0 Å². The molecule has 0 aliphatic heterocycles. The van der Waals surface area contributed by atoms with Crippen molar-refractivity contribution < 1.29 is 14.0 Å². The minimum Gasteiger partial charge on any atom is -0.441 e. The van der Waals surface area contributed by atoms with Crippen molar-refractivity contribution in [2.45, 2.75) is 6.92 Å². The van der Waals surface area contributed by atoms with E-state index in [2.05, 4.69) is 15.6 Å². The van der Waals surface area contributed by atoms with Gasteiger partial charge in [0, 0.05) is 23.9 Å². The van der Waals surface area contributed by atoms with E-state index in [1.807, 2.05) is 30.3 Å². The van der Waals surface area contributed by atoms with Crippen molar-refractivity contribution in [1.82, 2.24) is 10.3 Å². The lowest BCUT2D eigenvalue weighted by molar-refractivity contribution is 0.0961. The van der Waals surface area contributed by atoms with Gasteiger partial charge in [0.25, 0.3) is 11.8 Å². The average Bonchev–Trinajstić information content (AvgIpc) is 3.04. The largest absolute Gasteiger partial charge is 0.441 e. The van der Waals surface area contributed by atoms with E-state index in [0.29, 0.717) is 22.9 Å². The lowest BCUT2D eigenvalue weighted by atomic mass is 10.2. The molecule has 2 amide bonds. The van der Waals surface area contributed by atoms with E-state index in [-0.39, 0.29) is 11.6 Å². The standard InChI is InChI=1S/C19H17N3O3/c1-12-16(22-19(25-12)13-7-4-3-5-8-13)18(24)21-15-10-6-9-14(11-15)17(23)20-2/h3-11H,1-2H3,(H,20,23)(H,21,24). The Morgan fingerprint density at radius 2 is 1.76 bits per heavy atom. The van der Waals surface area contributed by atoms with E-state index < -0.39 is 5.91 Å². The lowest BCUT2D eigenvalue weighted by Crippen LogP contribution is -2.18. The first kappa shape index (κ1) is 16.4. The van der Waals surface area contributed by atoms with E-state index in [1.54, 1.807) is 38.2 Å². The number of nitrogens with zero attached hydrogens (tertiary/aromatic N) is 1. The van der Waals surface area contributed by atoms with Crippen molar-refractivity contribution in [3.05, 3.63) is 71.6 Å². The summed E-state index contributed by atoms with van der Waals surface area (Å²) < 4.78 is 5.60. The third kappa shape index (κ3) is 3.58. The Morgan fingerprint density at radius 3 is 2.48 bits per heavy atom. The highest BCUT2D eigenvalue weighted by atomic mass is 16.4. The summed E-state index contributed by atoms with van der Waals surface area (Å²) >= 11 is 0. The molecule has 0 saturated carbocycles. The van der Waals surface area contributed by atoms with E-state index in [0.717, 1.165) is 5.56 Å². The number of oxazole rings is 1. The Labute approximate surface area is 144 Å². The van der Waals surface area contributed by atoms with Gasteiger partial charge in [0.05, 0.1) is 0 Å². The first-order valence-electron chi connectivity index (χ1n) is 7.75. The highest BCUT2D eigenvalue weighted by Crippen LogP contribution is 2.22. The molecule has 2 aromatic carbocycles. The Hall–Kier alpha value is -3.41. The Kier molecular flexibility index (Phi) is 4.61. The second kappa shape index (κ2) is 7.00. The van der Waals surface area contributed by atoms with Crippen LogP contribution < -0.4 is 10.6 Å². The zero-order valence-corrected chi connectivity index (χ0v) is 13.9. The molecule has 1 heterocycles. The number of aromatic nitrogens is 1. The fraction of sp³-hybridized carbons (Fsp3) is 0.105. The van der Waals surface area contributed by atoms with Crippen LogP contribution in [0.4, 0.5) is 5.69 Å². The molecule has 6 heteroatoms. The SMILES string of the molecule is CNC(=O)c1cccc(NC(=O)c2nc(-c3ccccc3)oc2C)c1. The maximum atomic E-state index is 12.5. The second-order valence-corrected chi connectivity index (χ2v) is 5.40. The van der Waals surface area contributed by atoms with Gasteiger partial charge >= 0.3 is 0 Å². The van der Waals surface area contributed by atoms with E-state index in [9.17, 15) is 9.59 Å². The molecule has 2 N–H and O–H groups in total. The van der Waals surface area contributed by atoms with E-state index in [1.165, 1.54) is 0 Å². The zero-order valence-electron chi connectivity index (χ0n) is 13.9. The highest BCUT2D eigenvalue weighted by molar-refractivity contribution is 6.04. The molecule has 0 spiro atoms. The Bertz CT molecular complexity index is 917. The Morgan fingerprint density at radius 1 is 1.00 bits per heavy atom. The van der Waals surface area contributed by atoms with Crippen molar-refractivity contribution in [3.8, 4) is 11.5 Å². The number of hydrogen-bond acceptors (Lipinski definition) is 4. The van der Waals surface area contributed by atoms with Gasteiger partial charge in [-0.05, 0) is 37.3 Å². The van der Waals surface area contributed by atoms with Gasteiger partial charge in [0.2, 0.25) is 5.89 Å². The fourth-order valence-corrected chi connectivity index (χ4v) is 2.38. The first-order chi connectivity index (χ1) is 12.1. The molecule has 25 heavy (non-hydrogen) atoms. The molecule has 0 aliphatic rings. The number of benzene rings is 2. The summed E-state index contributed by atoms with van der Waals surface area (Å²) in [7, 11) is 1.55. The lowest BCUT2D eigenvalue weighted by Gasteiger charge is -2.05. The van der Waals surface area contributed by atoms with Gasteiger partial charge in [-0.1, -0.05) is 24.3 Å². The van der Waals surface area contributed by atoms with Crippen molar-refractivity contribution >= 4 is 17.5 Å². The van der Waals surface area contributed by atoms with Crippen LogP contribution in [-0.2, 0) is 0 Å². The number of amides is 2. The van der Waals surface area contributed by atoms with Crippen molar-refractivity contribution in [1.29, 1.82) is 0 Å². The summed E-state index contributed by atoms with van der Waals surface area (Å²) in [4.78, 5) is 28.5. The molecule has 0 bridgehead atoms. The topological polar surface area (TPSA) is 84.2 Å². The highest BCUT2D eigenvalue weighted by Gasteiger charge is 2.18. The molecule has 3 rings (SSSR count). The summed E-state index contributed by atoms with van der Waals surface area (Å²) in [6.07, 6.45) is 0. The molecular formula is C19H17N3O3. The third-order valence-corrected chi connectivity index (χ3v) is 3.64. The quantitative estimate of drug-likeness (QED) is 0.766. The number of carbonyl (C=O) groups excluding carboxylic acids is 2. The number of hydrogen-bond donors (Lipinski definition) is 2. The predicted octanol–water partition coefficient (Wildman–Crippen LogP) is 3.26. The maximum absolute atomic E-state index is 12.5. The van der Waals surface area contributed by atoms with Crippen LogP contribution in [0, 0.1) is 6.92 Å². The molecule has 1 aromatic heterocycles. The minimum absolute atomic E-state index is 0.212. The van der Waals surface area contributed by atoms with Gasteiger partial charge < -0.3 is 15.1 Å². The number of rotatable bonds is 4. The van der Waals surface area contributed by atoms with Gasteiger partial charge in [-0.15, -0.1) is 0 Å². The molecule has 6 nitrogen and oxygen atoms in total. The number of anilines is 1. The average molecular weight is 335 g/mol. The van der Waals surface area contributed by atoms with Crippen LogP contribution in [0.25, 0.3) is 11.5 Å². The fourth-order valence-electron chi connectivity index (χ4n) is 2.38. The van der Waals surface area contributed by atoms with Crippen LogP contribution in [0.3, 0.4) is 0 Å². The molecule has 0 atom stereocenters. The van der Waals surface area contributed by atoms with Crippen LogP contribution in [0.1, 0.15) is 26.6 Å². The normalized spacial score (nSPS) is 10.3. The van der Waals surface area contributed by atoms with Gasteiger partial charge in [-0.2, -0.15) is 0 Å². The van der Waals surface area contributed by atoms with Crippen molar-refractivity contribution in [2.24, 2.45) is 0 Å².